The summed E-state index contributed by atoms with van der Waals surface area (Å²) in [6.45, 7) is 2.35. The molecule has 0 heterocycles. The van der Waals surface area contributed by atoms with E-state index in [2.05, 4.69) is 6.92 Å². The zero-order valence-electron chi connectivity index (χ0n) is 19.9. The van der Waals surface area contributed by atoms with Crippen molar-refractivity contribution in [2.45, 2.75) is 115 Å². The van der Waals surface area contributed by atoms with Crippen molar-refractivity contribution in [3.05, 3.63) is 0 Å². The summed E-state index contributed by atoms with van der Waals surface area (Å²) in [6.07, 6.45) is 14.7. The third-order valence-electron chi connectivity index (χ3n) is 5.01. The third-order valence-corrected chi connectivity index (χ3v) is 5.01. The van der Waals surface area contributed by atoms with E-state index in [0.29, 0.717) is 6.42 Å². The number of carboxylic acid groups (broad SMARTS) is 2. The van der Waals surface area contributed by atoms with Gasteiger partial charge in [-0.2, -0.15) is 0 Å². The molecule has 9 heteroatoms. The van der Waals surface area contributed by atoms with Crippen LogP contribution in [0.1, 0.15) is 110 Å². The van der Waals surface area contributed by atoms with E-state index >= 15 is 0 Å². The maximum atomic E-state index is 11.6. The molecule has 0 aromatic carbocycles. The number of unbranched alkanes of at least 4 members (excludes halogenated alkanes) is 13. The van der Waals surface area contributed by atoms with Crippen LogP contribution in [0.3, 0.4) is 0 Å². The Balaban J connectivity index is -0.00000392. The van der Waals surface area contributed by atoms with Crippen LogP contribution in [0.2, 0.25) is 0 Å². The summed E-state index contributed by atoms with van der Waals surface area (Å²) in [5.41, 5.74) is -2.80. The Kier molecular flexibility index (Phi) is 27.3. The summed E-state index contributed by atoms with van der Waals surface area (Å²) in [7, 11) is 0. The Morgan fingerprint density at radius 1 is 0.710 bits per heavy atom. The van der Waals surface area contributed by atoms with Gasteiger partial charge in [-0.1, -0.05) is 90.4 Å². The largest absolute Gasteiger partial charge is 1.00 e. The van der Waals surface area contributed by atoms with E-state index < -0.39 is 36.4 Å². The van der Waals surface area contributed by atoms with Gasteiger partial charge in [0.15, 0.2) is 0 Å². The van der Waals surface area contributed by atoms with Crippen LogP contribution in [-0.4, -0.2) is 35.2 Å². The number of carboxylic acids is 2. The molecule has 1 atom stereocenters. The maximum absolute atomic E-state index is 11.6. The van der Waals surface area contributed by atoms with Crippen molar-refractivity contribution in [2.75, 3.05) is 6.61 Å². The van der Waals surface area contributed by atoms with E-state index in [1.807, 2.05) is 0 Å². The second-order valence-corrected chi connectivity index (χ2v) is 7.86. The van der Waals surface area contributed by atoms with E-state index in [1.54, 1.807) is 0 Å². The van der Waals surface area contributed by atoms with E-state index in [1.165, 1.54) is 64.2 Å². The van der Waals surface area contributed by atoms with Crippen molar-refractivity contribution in [3.63, 3.8) is 0 Å². The maximum Gasteiger partial charge on any atom is 1.00 e. The first-order chi connectivity index (χ1) is 13.8. The van der Waals surface area contributed by atoms with Gasteiger partial charge in [-0.3, -0.25) is 4.79 Å². The third kappa shape index (κ3) is 22.0. The molecule has 0 aliphatic carbocycles. The Hall–Kier alpha value is 0.370. The minimum Gasteiger partial charge on any atom is -0.550 e. The average molecular weight is 461 g/mol. The summed E-state index contributed by atoms with van der Waals surface area (Å²) < 4.78 is 4.87. The van der Waals surface area contributed by atoms with Gasteiger partial charge in [-0.15, -0.1) is 0 Å². The van der Waals surface area contributed by atoms with E-state index in [9.17, 15) is 29.7 Å². The zero-order chi connectivity index (χ0) is 22.0. The quantitative estimate of drug-likeness (QED) is 0.112. The average Bonchev–Trinajstić information content (AvgIpc) is 2.64. The minimum absolute atomic E-state index is 0. The van der Waals surface area contributed by atoms with Gasteiger partial charge in [-0.05, 0) is 6.42 Å². The van der Waals surface area contributed by atoms with Crippen molar-refractivity contribution < 1.29 is 93.6 Å². The van der Waals surface area contributed by atoms with Gasteiger partial charge >= 0.3 is 65.1 Å². The molecular weight excluding hydrogens is 422 g/mol. The number of esters is 1. The number of aliphatic carboxylic acids is 2. The van der Waals surface area contributed by atoms with E-state index in [-0.39, 0.29) is 65.7 Å². The normalized spacial score (nSPS) is 12.2. The van der Waals surface area contributed by atoms with Crippen molar-refractivity contribution in [3.8, 4) is 0 Å². The van der Waals surface area contributed by atoms with Crippen LogP contribution in [0.15, 0.2) is 0 Å². The summed E-state index contributed by atoms with van der Waals surface area (Å²) in [5.74, 6) is -4.78. The van der Waals surface area contributed by atoms with Crippen LogP contribution in [0.4, 0.5) is 0 Å². The van der Waals surface area contributed by atoms with Crippen LogP contribution < -0.4 is 69.3 Å². The summed E-state index contributed by atoms with van der Waals surface area (Å²) >= 11 is 0. The van der Waals surface area contributed by atoms with Gasteiger partial charge in [-0.25, -0.2) is 0 Å². The van der Waals surface area contributed by atoms with Gasteiger partial charge in [0.2, 0.25) is 0 Å². The van der Waals surface area contributed by atoms with Crippen LogP contribution in [0.25, 0.3) is 0 Å². The monoisotopic (exact) mass is 460 g/mol. The van der Waals surface area contributed by atoms with Gasteiger partial charge in [0.1, 0.15) is 5.60 Å². The van der Waals surface area contributed by atoms with E-state index in [0.717, 1.165) is 19.3 Å². The molecule has 0 amide bonds. The van der Waals surface area contributed by atoms with Crippen molar-refractivity contribution in [1.82, 2.24) is 0 Å². The summed E-state index contributed by atoms with van der Waals surface area (Å²) in [5, 5.41) is 31.0. The molecule has 1 unspecified atom stereocenters. The van der Waals surface area contributed by atoms with Crippen molar-refractivity contribution in [1.29, 1.82) is 0 Å². The molecule has 0 bridgehead atoms. The Morgan fingerprint density at radius 2 is 1.10 bits per heavy atom. The van der Waals surface area contributed by atoms with Gasteiger partial charge in [0.25, 0.3) is 0 Å². The number of ether oxygens (including phenoxy) is 1. The number of hydrogen-bond donors (Lipinski definition) is 1. The zero-order valence-corrected chi connectivity index (χ0v) is 23.9. The molecule has 0 rings (SSSR count). The number of rotatable bonds is 20. The SMILES string of the molecule is CCCCCCCCCCCCCCCCOC(=O)CC(O)(CC(=O)[O-])C(=O)[O-].[Na+].[Na+]. The number of hydrogen-bond acceptors (Lipinski definition) is 7. The second kappa shape index (κ2) is 23.5. The fourth-order valence-electron chi connectivity index (χ4n) is 3.22. The van der Waals surface area contributed by atoms with Crippen LogP contribution >= 0.6 is 0 Å². The molecule has 0 aliphatic heterocycles. The molecule has 0 spiro atoms. The molecule has 0 fully saturated rings. The van der Waals surface area contributed by atoms with Gasteiger partial charge in [0.05, 0.1) is 19.0 Å². The smallest absolute Gasteiger partial charge is 0.550 e. The minimum atomic E-state index is -2.80. The fourth-order valence-corrected chi connectivity index (χ4v) is 3.22. The molecular formula is C22H38Na2O7. The topological polar surface area (TPSA) is 127 Å². The number of carbonyl (C=O) groups excluding carboxylic acids is 3. The summed E-state index contributed by atoms with van der Waals surface area (Å²) in [4.78, 5) is 32.9. The molecule has 0 saturated heterocycles. The molecule has 7 nitrogen and oxygen atoms in total. The Bertz CT molecular complexity index is 475. The fraction of sp³-hybridized carbons (Fsp3) is 0.864. The molecule has 0 radical (unpaired) electrons. The van der Waals surface area contributed by atoms with Crippen LogP contribution in [0, 0.1) is 0 Å². The van der Waals surface area contributed by atoms with E-state index in [4.69, 9.17) is 4.74 Å². The predicted octanol–water partition coefficient (Wildman–Crippen LogP) is -3.97. The van der Waals surface area contributed by atoms with Crippen LogP contribution in [0.5, 0.6) is 0 Å². The molecule has 1 N–H and O–H groups in total. The molecule has 0 aromatic heterocycles. The first-order valence-electron chi connectivity index (χ1n) is 11.1. The van der Waals surface area contributed by atoms with Crippen LogP contribution in [-0.2, 0) is 19.1 Å². The van der Waals surface area contributed by atoms with Crippen molar-refractivity contribution in [2.24, 2.45) is 0 Å². The number of aliphatic hydroxyl groups is 1. The first kappa shape index (κ1) is 35.9. The Morgan fingerprint density at radius 3 is 1.45 bits per heavy atom. The number of carbonyl (C=O) groups is 3. The summed E-state index contributed by atoms with van der Waals surface area (Å²) in [6, 6.07) is 0. The standard InChI is InChI=1S/C22H40O7.2Na/c1-2-3-4-5-6-7-8-9-10-11-12-13-14-15-16-29-20(25)18-22(28,21(26)27)17-19(23)24;;/h28H,2-18H2,1H3,(H,23,24)(H,26,27);;/q;2*+1/p-2. The Labute approximate surface area is 231 Å². The molecule has 0 saturated carbocycles. The predicted molar refractivity (Wildman–Crippen MR) is 105 cm³/mol. The first-order valence-corrected chi connectivity index (χ1v) is 11.1. The van der Waals surface area contributed by atoms with Gasteiger partial charge in [0, 0.05) is 12.4 Å². The molecule has 170 valence electrons. The molecule has 31 heavy (non-hydrogen) atoms. The van der Waals surface area contributed by atoms with Crippen molar-refractivity contribution >= 4 is 17.9 Å². The second-order valence-electron chi connectivity index (χ2n) is 7.86. The molecule has 0 aliphatic rings. The van der Waals surface area contributed by atoms with Gasteiger partial charge < -0.3 is 29.6 Å². The molecule has 0 aromatic rings.